The van der Waals surface area contributed by atoms with Gasteiger partial charge in [-0.1, -0.05) is 67.3 Å². The Morgan fingerprint density at radius 2 is 1.65 bits per heavy atom. The molecule has 3 aromatic carbocycles. The van der Waals surface area contributed by atoms with E-state index in [0.717, 1.165) is 36.8 Å². The average molecular weight is 463 g/mol. The van der Waals surface area contributed by atoms with Crippen LogP contribution in [0.25, 0.3) is 23.3 Å². The van der Waals surface area contributed by atoms with Crippen molar-refractivity contribution in [1.29, 1.82) is 0 Å². The first-order chi connectivity index (χ1) is 16.5. The second-order valence-corrected chi connectivity index (χ2v) is 8.75. The van der Waals surface area contributed by atoms with E-state index in [9.17, 15) is 13.2 Å². The number of halogens is 3. The lowest BCUT2D eigenvalue weighted by molar-refractivity contribution is 0.320. The largest absolute Gasteiger partial charge is 0.491 e. The van der Waals surface area contributed by atoms with Gasteiger partial charge in [0.2, 0.25) is 0 Å². The van der Waals surface area contributed by atoms with E-state index in [0.29, 0.717) is 18.1 Å². The molecule has 1 nitrogen and oxygen atoms in total. The van der Waals surface area contributed by atoms with Gasteiger partial charge in [0.15, 0.2) is 23.2 Å². The van der Waals surface area contributed by atoms with Crippen LogP contribution in [-0.2, 0) is 0 Å². The van der Waals surface area contributed by atoms with Gasteiger partial charge < -0.3 is 4.74 Å². The van der Waals surface area contributed by atoms with Gasteiger partial charge in [-0.25, -0.2) is 13.2 Å². The zero-order chi connectivity index (χ0) is 24.1. The monoisotopic (exact) mass is 462 g/mol. The van der Waals surface area contributed by atoms with Crippen molar-refractivity contribution in [3.63, 3.8) is 0 Å². The van der Waals surface area contributed by atoms with Crippen molar-refractivity contribution in [1.82, 2.24) is 0 Å². The molecular weight excluding hydrogens is 433 g/mol. The summed E-state index contributed by atoms with van der Waals surface area (Å²) >= 11 is 0. The Hall–Kier alpha value is -3.27. The van der Waals surface area contributed by atoms with Crippen LogP contribution in [0.5, 0.6) is 5.75 Å². The fourth-order valence-corrected chi connectivity index (χ4v) is 4.64. The van der Waals surface area contributed by atoms with E-state index in [-0.39, 0.29) is 28.6 Å². The summed E-state index contributed by atoms with van der Waals surface area (Å²) in [4.78, 5) is 0. The number of allylic oxidation sites excluding steroid dienone is 1. The first kappa shape index (κ1) is 23.9. The molecule has 0 aliphatic heterocycles. The molecule has 0 N–H and O–H groups in total. The number of hydrogen-bond donors (Lipinski definition) is 0. The molecule has 34 heavy (non-hydrogen) atoms. The molecule has 0 unspecified atom stereocenters. The van der Waals surface area contributed by atoms with Crippen LogP contribution < -0.4 is 4.74 Å². The summed E-state index contributed by atoms with van der Waals surface area (Å²) in [6.45, 7) is 5.97. The molecule has 1 aliphatic carbocycles. The molecule has 176 valence electrons. The van der Waals surface area contributed by atoms with Crippen LogP contribution in [0.4, 0.5) is 13.2 Å². The Balaban J connectivity index is 1.40. The number of benzene rings is 3. The Bertz CT molecular complexity index is 1170. The third kappa shape index (κ3) is 5.27. The highest BCUT2D eigenvalue weighted by Crippen LogP contribution is 2.38. The van der Waals surface area contributed by atoms with Gasteiger partial charge in [0.1, 0.15) is 0 Å². The van der Waals surface area contributed by atoms with Crippen molar-refractivity contribution >= 4 is 12.2 Å². The smallest absolute Gasteiger partial charge is 0.167 e. The first-order valence-corrected chi connectivity index (χ1v) is 11.8. The maximum atomic E-state index is 14.8. The highest BCUT2D eigenvalue weighted by atomic mass is 19.2. The molecule has 0 aromatic heterocycles. The summed E-state index contributed by atoms with van der Waals surface area (Å²) < 4.78 is 49.0. The van der Waals surface area contributed by atoms with Crippen molar-refractivity contribution < 1.29 is 17.9 Å². The highest BCUT2D eigenvalue weighted by molar-refractivity contribution is 5.68. The highest BCUT2D eigenvalue weighted by Gasteiger charge is 2.22. The van der Waals surface area contributed by atoms with Crippen LogP contribution in [0.2, 0.25) is 0 Å². The van der Waals surface area contributed by atoms with Crippen molar-refractivity contribution in [2.75, 3.05) is 6.61 Å². The second-order valence-electron chi connectivity index (χ2n) is 8.75. The van der Waals surface area contributed by atoms with Crippen LogP contribution >= 0.6 is 0 Å². The lowest BCUT2D eigenvalue weighted by atomic mass is 9.78. The summed E-state index contributed by atoms with van der Waals surface area (Å²) in [6, 6.07) is 15.7. The standard InChI is InChI=1S/C30H29F3O/c1-3-20-5-12-23(13-6-20)26-17-15-24(29(32)30(26)33)14-9-21-7-10-22(11-8-21)25-16-18-28(34-4-2)27(31)19-25/h3,5-6,9,12-19,21-22H,1,4,7-8,10-11H2,2H3/b14-9+. The van der Waals surface area contributed by atoms with Gasteiger partial charge in [-0.3, -0.25) is 0 Å². The maximum absolute atomic E-state index is 14.8. The third-order valence-corrected chi connectivity index (χ3v) is 6.62. The maximum Gasteiger partial charge on any atom is 0.167 e. The predicted octanol–water partition coefficient (Wildman–Crippen LogP) is 8.80. The van der Waals surface area contributed by atoms with Crippen LogP contribution in [0.1, 0.15) is 55.2 Å². The van der Waals surface area contributed by atoms with Gasteiger partial charge in [-0.2, -0.15) is 0 Å². The SMILES string of the molecule is C=Cc1ccc(-c2ccc(/C=C/C3CCC(c4ccc(OCC)c(F)c4)CC3)c(F)c2F)cc1. The quantitative estimate of drug-likeness (QED) is 0.341. The topological polar surface area (TPSA) is 9.23 Å². The summed E-state index contributed by atoms with van der Waals surface area (Å²) in [7, 11) is 0. The second kappa shape index (κ2) is 10.8. The molecule has 1 fully saturated rings. The molecule has 4 heteroatoms. The zero-order valence-electron chi connectivity index (χ0n) is 19.4. The van der Waals surface area contributed by atoms with Gasteiger partial charge in [0, 0.05) is 11.1 Å². The van der Waals surface area contributed by atoms with E-state index < -0.39 is 11.6 Å². The molecular formula is C30H29F3O. The molecule has 0 atom stereocenters. The molecule has 0 saturated heterocycles. The summed E-state index contributed by atoms with van der Waals surface area (Å²) in [5, 5.41) is 0. The molecule has 1 aliphatic rings. The third-order valence-electron chi connectivity index (χ3n) is 6.62. The number of hydrogen-bond acceptors (Lipinski definition) is 1. The Morgan fingerprint density at radius 1 is 0.912 bits per heavy atom. The summed E-state index contributed by atoms with van der Waals surface area (Å²) in [5.41, 5.74) is 3.04. The lowest BCUT2D eigenvalue weighted by Gasteiger charge is -2.27. The van der Waals surface area contributed by atoms with Crippen LogP contribution in [0.15, 0.2) is 67.3 Å². The van der Waals surface area contributed by atoms with Gasteiger partial charge in [0.25, 0.3) is 0 Å². The van der Waals surface area contributed by atoms with E-state index in [1.54, 1.807) is 48.6 Å². The van der Waals surface area contributed by atoms with Crippen LogP contribution in [-0.4, -0.2) is 6.61 Å². The van der Waals surface area contributed by atoms with Crippen molar-refractivity contribution in [2.24, 2.45) is 5.92 Å². The van der Waals surface area contributed by atoms with E-state index in [4.69, 9.17) is 4.74 Å². The molecule has 1 saturated carbocycles. The molecule has 4 rings (SSSR count). The number of ether oxygens (including phenoxy) is 1. The average Bonchev–Trinajstić information content (AvgIpc) is 2.87. The van der Waals surface area contributed by atoms with E-state index >= 15 is 0 Å². The number of rotatable bonds is 7. The molecule has 0 heterocycles. The Morgan fingerprint density at radius 3 is 2.29 bits per heavy atom. The Labute approximate surface area is 199 Å². The molecule has 0 radical (unpaired) electrons. The normalized spacial score (nSPS) is 18.2. The van der Waals surface area contributed by atoms with Crippen molar-refractivity contribution in [3.8, 4) is 16.9 Å². The minimum atomic E-state index is -0.838. The van der Waals surface area contributed by atoms with Gasteiger partial charge in [-0.15, -0.1) is 0 Å². The first-order valence-electron chi connectivity index (χ1n) is 11.8. The van der Waals surface area contributed by atoms with Gasteiger partial charge >= 0.3 is 0 Å². The lowest BCUT2D eigenvalue weighted by Crippen LogP contribution is -2.12. The van der Waals surface area contributed by atoms with Crippen molar-refractivity contribution in [3.05, 3.63) is 101 Å². The fourth-order valence-electron chi connectivity index (χ4n) is 4.64. The minimum absolute atomic E-state index is 0.244. The molecule has 3 aromatic rings. The Kier molecular flexibility index (Phi) is 7.56. The van der Waals surface area contributed by atoms with Gasteiger partial charge in [-0.05, 0) is 73.3 Å². The predicted molar refractivity (Wildman–Crippen MR) is 133 cm³/mol. The van der Waals surface area contributed by atoms with Gasteiger partial charge in [0.05, 0.1) is 6.61 Å². The van der Waals surface area contributed by atoms with E-state index in [2.05, 4.69) is 6.58 Å². The van der Waals surface area contributed by atoms with Crippen LogP contribution in [0.3, 0.4) is 0 Å². The fraction of sp³-hybridized carbons (Fsp3) is 0.267. The van der Waals surface area contributed by atoms with Crippen LogP contribution in [0, 0.1) is 23.4 Å². The summed E-state index contributed by atoms with van der Waals surface area (Å²) in [6.07, 6.45) is 9.08. The molecule has 0 amide bonds. The van der Waals surface area contributed by atoms with Crippen molar-refractivity contribution in [2.45, 2.75) is 38.5 Å². The zero-order valence-corrected chi connectivity index (χ0v) is 19.4. The van der Waals surface area contributed by atoms with E-state index in [1.807, 2.05) is 31.2 Å². The van der Waals surface area contributed by atoms with E-state index in [1.165, 1.54) is 0 Å². The molecule has 0 bridgehead atoms. The molecule has 0 spiro atoms. The minimum Gasteiger partial charge on any atom is -0.491 e. The summed E-state index contributed by atoms with van der Waals surface area (Å²) in [5.74, 6) is -1.11.